The molecule has 0 aromatic rings. The fraction of sp³-hybridized carbons (Fsp3) is 0.857. The molecule has 0 radical (unpaired) electrons. The van der Waals surface area contributed by atoms with Crippen molar-refractivity contribution in [3.05, 3.63) is 0 Å². The Labute approximate surface area is 67.4 Å². The molecule has 1 saturated carbocycles. The van der Waals surface area contributed by atoms with Crippen LogP contribution in [0.4, 0.5) is 0 Å². The maximum atomic E-state index is 4.05. The van der Waals surface area contributed by atoms with E-state index in [1.165, 1.54) is 19.3 Å². The van der Waals surface area contributed by atoms with Gasteiger partial charge in [-0.1, -0.05) is 6.42 Å². The van der Waals surface area contributed by atoms with Gasteiger partial charge in [0.2, 0.25) is 0 Å². The predicted octanol–water partition coefficient (Wildman–Crippen LogP) is 0.0434. The van der Waals surface area contributed by atoms with Crippen molar-refractivity contribution < 1.29 is 0 Å². The lowest BCUT2D eigenvalue weighted by Crippen LogP contribution is -2.34. The zero-order valence-electron chi connectivity index (χ0n) is 6.93. The van der Waals surface area contributed by atoms with Crippen LogP contribution in [0.2, 0.25) is 0 Å². The zero-order valence-corrected chi connectivity index (χ0v) is 6.93. The van der Waals surface area contributed by atoms with Crippen LogP contribution in [-0.4, -0.2) is 19.9 Å². The van der Waals surface area contributed by atoms with E-state index in [9.17, 15) is 0 Å². The van der Waals surface area contributed by atoms with Gasteiger partial charge in [0.15, 0.2) is 0 Å². The van der Waals surface area contributed by atoms with Gasteiger partial charge in [0.1, 0.15) is 0 Å². The smallest absolute Gasteiger partial charge is 0.0949 e. The van der Waals surface area contributed by atoms with Crippen molar-refractivity contribution >= 4 is 6.21 Å². The minimum atomic E-state index is 0.666. The summed E-state index contributed by atoms with van der Waals surface area (Å²) >= 11 is 0. The third-order valence-electron chi connectivity index (χ3n) is 1.87. The molecule has 0 aromatic carbocycles. The Morgan fingerprint density at radius 1 is 1.55 bits per heavy atom. The number of hydrogen-bond donors (Lipinski definition) is 3. The van der Waals surface area contributed by atoms with Crippen molar-refractivity contribution in [2.75, 3.05) is 13.7 Å². The minimum Gasteiger partial charge on any atom is -0.295 e. The lowest BCUT2D eigenvalue weighted by atomic mass is 9.87. The number of nitrogens with zero attached hydrogens (tertiary/aromatic N) is 1. The maximum Gasteiger partial charge on any atom is 0.0949 e. The molecule has 0 unspecified atom stereocenters. The van der Waals surface area contributed by atoms with E-state index < -0.39 is 0 Å². The van der Waals surface area contributed by atoms with Gasteiger partial charge in [0, 0.05) is 6.21 Å². The number of hydrogen-bond acceptors (Lipinski definition) is 4. The first-order valence-corrected chi connectivity index (χ1v) is 4.09. The quantitative estimate of drug-likeness (QED) is 0.228. The summed E-state index contributed by atoms with van der Waals surface area (Å²) < 4.78 is 0. The molecule has 1 aliphatic rings. The Hall–Kier alpha value is -0.610. The third kappa shape index (κ3) is 3.34. The zero-order chi connectivity index (χ0) is 7.94. The summed E-state index contributed by atoms with van der Waals surface area (Å²) in [5.41, 5.74) is 8.56. The Morgan fingerprint density at radius 3 is 2.91 bits per heavy atom. The summed E-state index contributed by atoms with van der Waals surface area (Å²) in [5.74, 6) is 0.733. The molecule has 0 amide bonds. The largest absolute Gasteiger partial charge is 0.295 e. The number of rotatable bonds is 5. The molecule has 0 aliphatic heterocycles. The van der Waals surface area contributed by atoms with E-state index in [1.807, 2.05) is 13.3 Å². The van der Waals surface area contributed by atoms with Crippen molar-refractivity contribution in [3.8, 4) is 0 Å². The molecular weight excluding hydrogens is 140 g/mol. The van der Waals surface area contributed by atoms with Gasteiger partial charge in [-0.15, -0.1) is 0 Å². The van der Waals surface area contributed by atoms with E-state index in [2.05, 4.69) is 21.4 Å². The molecule has 0 spiro atoms. The van der Waals surface area contributed by atoms with E-state index in [4.69, 9.17) is 0 Å². The van der Waals surface area contributed by atoms with E-state index in [1.54, 1.807) is 0 Å². The summed E-state index contributed by atoms with van der Waals surface area (Å²) in [6, 6.07) is 0. The molecular formula is C7H16N4. The number of hydrazine groups is 1. The SMILES string of the molecule is CNNCN/N=C/C1CCC1. The molecule has 11 heavy (non-hydrogen) atoms. The molecule has 1 rings (SSSR count). The maximum absolute atomic E-state index is 4.05. The molecule has 0 saturated heterocycles. The van der Waals surface area contributed by atoms with Crippen molar-refractivity contribution in [2.24, 2.45) is 11.0 Å². The van der Waals surface area contributed by atoms with Gasteiger partial charge in [-0.05, 0) is 25.8 Å². The topological polar surface area (TPSA) is 48.4 Å². The van der Waals surface area contributed by atoms with Gasteiger partial charge in [-0.3, -0.25) is 10.9 Å². The van der Waals surface area contributed by atoms with Crippen molar-refractivity contribution in [1.82, 2.24) is 16.3 Å². The van der Waals surface area contributed by atoms with E-state index in [-0.39, 0.29) is 0 Å². The summed E-state index contributed by atoms with van der Waals surface area (Å²) in [6.45, 7) is 0.666. The van der Waals surface area contributed by atoms with Crippen LogP contribution in [0, 0.1) is 5.92 Å². The Bertz CT molecular complexity index is 120. The average molecular weight is 156 g/mol. The Balaban J connectivity index is 1.88. The Kier molecular flexibility index (Phi) is 3.93. The molecule has 0 bridgehead atoms. The van der Waals surface area contributed by atoms with Gasteiger partial charge in [-0.25, -0.2) is 5.43 Å². The molecule has 64 valence electrons. The second kappa shape index (κ2) is 5.09. The molecule has 3 N–H and O–H groups in total. The first-order chi connectivity index (χ1) is 5.43. The van der Waals surface area contributed by atoms with Crippen molar-refractivity contribution in [3.63, 3.8) is 0 Å². The van der Waals surface area contributed by atoms with Gasteiger partial charge in [0.05, 0.1) is 6.67 Å². The van der Waals surface area contributed by atoms with E-state index >= 15 is 0 Å². The highest BCUT2D eigenvalue weighted by molar-refractivity contribution is 5.61. The Morgan fingerprint density at radius 2 is 2.36 bits per heavy atom. The highest BCUT2D eigenvalue weighted by atomic mass is 15.4. The summed E-state index contributed by atoms with van der Waals surface area (Å²) in [6.07, 6.45) is 5.99. The normalized spacial score (nSPS) is 18.6. The highest BCUT2D eigenvalue weighted by Crippen LogP contribution is 2.23. The van der Waals surface area contributed by atoms with Gasteiger partial charge >= 0.3 is 0 Å². The minimum absolute atomic E-state index is 0.666. The second-order valence-corrected chi connectivity index (χ2v) is 2.73. The summed E-state index contributed by atoms with van der Waals surface area (Å²) in [5, 5.41) is 4.05. The standard InChI is InChI=1S/C7H16N4/c1-8-10-6-11-9-5-7-3-2-4-7/h5,7-8,10-11H,2-4,6H2,1H3/b9-5+. The molecule has 0 aromatic heterocycles. The fourth-order valence-electron chi connectivity index (χ4n) is 0.921. The number of hydrazone groups is 1. The molecule has 1 fully saturated rings. The molecule has 1 aliphatic carbocycles. The van der Waals surface area contributed by atoms with Crippen LogP contribution in [0.3, 0.4) is 0 Å². The van der Waals surface area contributed by atoms with Crippen molar-refractivity contribution in [1.29, 1.82) is 0 Å². The van der Waals surface area contributed by atoms with Gasteiger partial charge in [0.25, 0.3) is 0 Å². The first-order valence-electron chi connectivity index (χ1n) is 4.09. The molecule has 4 heteroatoms. The molecule has 0 heterocycles. The van der Waals surface area contributed by atoms with Crippen molar-refractivity contribution in [2.45, 2.75) is 19.3 Å². The van der Waals surface area contributed by atoms with Crippen LogP contribution >= 0.6 is 0 Å². The second-order valence-electron chi connectivity index (χ2n) is 2.73. The van der Waals surface area contributed by atoms with Crippen LogP contribution in [0.15, 0.2) is 5.10 Å². The molecule has 0 atom stereocenters. The summed E-state index contributed by atoms with van der Waals surface area (Å²) in [7, 11) is 1.83. The highest BCUT2D eigenvalue weighted by Gasteiger charge is 2.13. The lowest BCUT2D eigenvalue weighted by molar-refractivity contribution is 0.417. The fourth-order valence-corrected chi connectivity index (χ4v) is 0.921. The van der Waals surface area contributed by atoms with Crippen LogP contribution in [0.25, 0.3) is 0 Å². The number of nitrogens with one attached hydrogen (secondary N) is 3. The third-order valence-corrected chi connectivity index (χ3v) is 1.87. The first kappa shape index (κ1) is 8.49. The summed E-state index contributed by atoms with van der Waals surface area (Å²) in [4.78, 5) is 0. The van der Waals surface area contributed by atoms with Crippen LogP contribution < -0.4 is 16.3 Å². The van der Waals surface area contributed by atoms with Crippen LogP contribution in [0.1, 0.15) is 19.3 Å². The average Bonchev–Trinajstić information content (AvgIpc) is 1.93. The molecule has 4 nitrogen and oxygen atoms in total. The monoisotopic (exact) mass is 156 g/mol. The lowest BCUT2D eigenvalue weighted by Gasteiger charge is -2.20. The van der Waals surface area contributed by atoms with Crippen LogP contribution in [-0.2, 0) is 0 Å². The van der Waals surface area contributed by atoms with E-state index in [0.29, 0.717) is 6.67 Å². The van der Waals surface area contributed by atoms with Gasteiger partial charge < -0.3 is 0 Å². The van der Waals surface area contributed by atoms with Gasteiger partial charge in [-0.2, -0.15) is 5.10 Å². The predicted molar refractivity (Wildman–Crippen MR) is 46.0 cm³/mol. The van der Waals surface area contributed by atoms with E-state index in [0.717, 1.165) is 5.92 Å². The van der Waals surface area contributed by atoms with Crippen LogP contribution in [0.5, 0.6) is 0 Å².